The van der Waals surface area contributed by atoms with Gasteiger partial charge in [0.1, 0.15) is 6.29 Å². The smallest absolute Gasteiger partial charge is 0.165 e. The Morgan fingerprint density at radius 3 is 2.31 bits per heavy atom. The molecule has 1 aromatic rings. The van der Waals surface area contributed by atoms with Crippen LogP contribution in [0.25, 0.3) is 0 Å². The summed E-state index contributed by atoms with van der Waals surface area (Å²) in [6.07, 6.45) is 1.66. The van der Waals surface area contributed by atoms with Crippen molar-refractivity contribution in [2.75, 3.05) is 0 Å². The van der Waals surface area contributed by atoms with Crippen LogP contribution in [0.2, 0.25) is 0 Å². The molecule has 0 fully saturated rings. The summed E-state index contributed by atoms with van der Waals surface area (Å²) in [7, 11) is 0. The van der Waals surface area contributed by atoms with Crippen LogP contribution < -0.4 is 0 Å². The maximum absolute atomic E-state index is 11.8. The van der Waals surface area contributed by atoms with E-state index in [-0.39, 0.29) is 11.7 Å². The molecule has 0 saturated heterocycles. The molecular formula is C14H20O2. The summed E-state index contributed by atoms with van der Waals surface area (Å²) in [6.45, 7) is 7.45. The minimum absolute atomic E-state index is 0.140. The van der Waals surface area contributed by atoms with Crippen LogP contribution in [0.4, 0.5) is 0 Å². The molecule has 0 spiro atoms. The Kier molecular flexibility index (Phi) is 7.10. The maximum atomic E-state index is 11.8. The number of Topliss-reactive ketones (excluding diaryl/α,β-unsaturated/α-hetero) is 1. The number of ketones is 1. The molecule has 2 heteroatoms. The molecule has 0 heterocycles. The molecular weight excluding hydrogens is 200 g/mol. The SMILES string of the molecule is CC=O.CCC(C)C(=O)c1ccccc1C. The van der Waals surface area contributed by atoms with Gasteiger partial charge in [0, 0.05) is 11.5 Å². The van der Waals surface area contributed by atoms with E-state index in [1.54, 1.807) is 0 Å². The molecule has 0 N–H and O–H groups in total. The van der Waals surface area contributed by atoms with Crippen LogP contribution >= 0.6 is 0 Å². The summed E-state index contributed by atoms with van der Waals surface area (Å²) in [5.41, 5.74) is 1.95. The van der Waals surface area contributed by atoms with Gasteiger partial charge in [0.2, 0.25) is 0 Å². The molecule has 1 unspecified atom stereocenters. The highest BCUT2D eigenvalue weighted by atomic mass is 16.1. The molecule has 0 amide bonds. The van der Waals surface area contributed by atoms with Crippen molar-refractivity contribution in [2.24, 2.45) is 5.92 Å². The monoisotopic (exact) mass is 220 g/mol. The third kappa shape index (κ3) is 4.39. The molecule has 1 rings (SSSR count). The van der Waals surface area contributed by atoms with E-state index in [2.05, 4.69) is 0 Å². The Morgan fingerprint density at radius 2 is 1.88 bits per heavy atom. The Hall–Kier alpha value is -1.44. The Morgan fingerprint density at radius 1 is 1.38 bits per heavy atom. The summed E-state index contributed by atoms with van der Waals surface area (Å²) in [6, 6.07) is 7.77. The van der Waals surface area contributed by atoms with E-state index in [0.717, 1.165) is 23.8 Å². The van der Waals surface area contributed by atoms with Gasteiger partial charge in [-0.3, -0.25) is 4.79 Å². The highest BCUT2D eigenvalue weighted by molar-refractivity contribution is 5.98. The van der Waals surface area contributed by atoms with Gasteiger partial charge < -0.3 is 4.79 Å². The number of carbonyl (C=O) groups excluding carboxylic acids is 2. The lowest BCUT2D eigenvalue weighted by Crippen LogP contribution is -2.11. The second-order valence-electron chi connectivity index (χ2n) is 3.72. The van der Waals surface area contributed by atoms with E-state index >= 15 is 0 Å². The highest BCUT2D eigenvalue weighted by Crippen LogP contribution is 2.14. The van der Waals surface area contributed by atoms with Crippen molar-refractivity contribution in [1.82, 2.24) is 0 Å². The average molecular weight is 220 g/mol. The number of carbonyl (C=O) groups is 2. The van der Waals surface area contributed by atoms with Gasteiger partial charge in [-0.25, -0.2) is 0 Å². The Balaban J connectivity index is 0.000000673. The van der Waals surface area contributed by atoms with Gasteiger partial charge >= 0.3 is 0 Å². The zero-order valence-corrected chi connectivity index (χ0v) is 10.5. The normalized spacial score (nSPS) is 11.0. The van der Waals surface area contributed by atoms with Crippen LogP contribution in [0.1, 0.15) is 43.1 Å². The Labute approximate surface area is 97.7 Å². The van der Waals surface area contributed by atoms with E-state index in [4.69, 9.17) is 4.79 Å². The van der Waals surface area contributed by atoms with E-state index in [1.807, 2.05) is 45.0 Å². The lowest BCUT2D eigenvalue weighted by Gasteiger charge is -2.09. The van der Waals surface area contributed by atoms with Crippen LogP contribution in [-0.4, -0.2) is 12.1 Å². The van der Waals surface area contributed by atoms with Crippen molar-refractivity contribution in [1.29, 1.82) is 0 Å². The van der Waals surface area contributed by atoms with Crippen molar-refractivity contribution in [3.05, 3.63) is 35.4 Å². The van der Waals surface area contributed by atoms with Crippen molar-refractivity contribution < 1.29 is 9.59 Å². The minimum atomic E-state index is 0.140. The number of hydrogen-bond acceptors (Lipinski definition) is 2. The van der Waals surface area contributed by atoms with E-state index in [9.17, 15) is 4.79 Å². The first-order chi connectivity index (χ1) is 7.58. The lowest BCUT2D eigenvalue weighted by atomic mass is 9.94. The largest absolute Gasteiger partial charge is 0.304 e. The summed E-state index contributed by atoms with van der Waals surface area (Å²) < 4.78 is 0. The summed E-state index contributed by atoms with van der Waals surface area (Å²) in [4.78, 5) is 20.6. The fourth-order valence-electron chi connectivity index (χ4n) is 1.30. The zero-order chi connectivity index (χ0) is 12.6. The lowest BCUT2D eigenvalue weighted by molar-refractivity contribution is -0.106. The van der Waals surface area contributed by atoms with Gasteiger partial charge in [0.05, 0.1) is 0 Å². The van der Waals surface area contributed by atoms with Crippen molar-refractivity contribution in [2.45, 2.75) is 34.1 Å². The number of aldehydes is 1. The summed E-state index contributed by atoms with van der Waals surface area (Å²) >= 11 is 0. The van der Waals surface area contributed by atoms with Gasteiger partial charge in [-0.1, -0.05) is 38.1 Å². The first-order valence-electron chi connectivity index (χ1n) is 5.58. The highest BCUT2D eigenvalue weighted by Gasteiger charge is 2.14. The Bertz CT molecular complexity index is 342. The summed E-state index contributed by atoms with van der Waals surface area (Å²) in [5, 5.41) is 0. The van der Waals surface area contributed by atoms with E-state index in [0.29, 0.717) is 0 Å². The topological polar surface area (TPSA) is 34.1 Å². The molecule has 0 bridgehead atoms. The molecule has 0 radical (unpaired) electrons. The summed E-state index contributed by atoms with van der Waals surface area (Å²) in [5.74, 6) is 0.404. The van der Waals surface area contributed by atoms with Crippen LogP contribution in [0.5, 0.6) is 0 Å². The number of benzene rings is 1. The zero-order valence-electron chi connectivity index (χ0n) is 10.5. The molecule has 1 atom stereocenters. The van der Waals surface area contributed by atoms with E-state index in [1.165, 1.54) is 6.92 Å². The third-order valence-corrected chi connectivity index (χ3v) is 2.47. The van der Waals surface area contributed by atoms with Crippen LogP contribution in [0.15, 0.2) is 24.3 Å². The molecule has 0 saturated carbocycles. The predicted octanol–water partition coefficient (Wildman–Crippen LogP) is 3.43. The van der Waals surface area contributed by atoms with Gasteiger partial charge in [0.25, 0.3) is 0 Å². The molecule has 0 aliphatic heterocycles. The van der Waals surface area contributed by atoms with Crippen LogP contribution in [-0.2, 0) is 4.79 Å². The predicted molar refractivity (Wildman–Crippen MR) is 66.7 cm³/mol. The molecule has 1 aromatic carbocycles. The third-order valence-electron chi connectivity index (χ3n) is 2.47. The van der Waals surface area contributed by atoms with Crippen molar-refractivity contribution >= 4 is 12.1 Å². The second-order valence-corrected chi connectivity index (χ2v) is 3.72. The quantitative estimate of drug-likeness (QED) is 0.577. The first-order valence-corrected chi connectivity index (χ1v) is 5.58. The molecule has 0 aliphatic rings. The minimum Gasteiger partial charge on any atom is -0.304 e. The molecule has 16 heavy (non-hydrogen) atoms. The van der Waals surface area contributed by atoms with Gasteiger partial charge in [-0.05, 0) is 25.8 Å². The van der Waals surface area contributed by atoms with Crippen molar-refractivity contribution in [3.8, 4) is 0 Å². The van der Waals surface area contributed by atoms with Gasteiger partial charge in [0.15, 0.2) is 5.78 Å². The van der Waals surface area contributed by atoms with Crippen LogP contribution in [0, 0.1) is 12.8 Å². The maximum Gasteiger partial charge on any atom is 0.165 e. The standard InChI is InChI=1S/C12H16O.C2H4O/c1-4-9(2)12(13)11-8-6-5-7-10(11)3;1-2-3/h5-9H,4H2,1-3H3;2H,1H3. The fraction of sp³-hybridized carbons (Fsp3) is 0.429. The molecule has 2 nitrogen and oxygen atoms in total. The molecule has 88 valence electrons. The number of aryl methyl sites for hydroxylation is 1. The van der Waals surface area contributed by atoms with Gasteiger partial charge in [-0.2, -0.15) is 0 Å². The van der Waals surface area contributed by atoms with E-state index < -0.39 is 0 Å². The van der Waals surface area contributed by atoms with Crippen molar-refractivity contribution in [3.63, 3.8) is 0 Å². The molecule has 0 aliphatic carbocycles. The fourth-order valence-corrected chi connectivity index (χ4v) is 1.30. The van der Waals surface area contributed by atoms with Gasteiger partial charge in [-0.15, -0.1) is 0 Å². The molecule has 0 aromatic heterocycles. The number of rotatable bonds is 3. The first kappa shape index (κ1) is 14.6. The average Bonchev–Trinajstić information content (AvgIpc) is 2.29. The number of hydrogen-bond donors (Lipinski definition) is 0. The second kappa shape index (κ2) is 7.80. The van der Waals surface area contributed by atoms with Crippen LogP contribution in [0.3, 0.4) is 0 Å².